The molecule has 5 rings (SSSR count). The van der Waals surface area contributed by atoms with Crippen molar-refractivity contribution in [1.82, 2.24) is 14.3 Å². The smallest absolute Gasteiger partial charge is 0.272 e. The number of nitrogens with zero attached hydrogens (tertiary/aromatic N) is 3. The SMILES string of the molecule is Cc1nn(Cc2ccccc2)c(C)c1NC(=O)c1cc2occc2n1Cc1cccc(F)c1. The molecule has 2 aromatic carbocycles. The molecule has 0 atom stereocenters. The number of carbonyl (C=O) groups excluding carboxylic acids is 1. The summed E-state index contributed by atoms with van der Waals surface area (Å²) in [7, 11) is 0. The van der Waals surface area contributed by atoms with Gasteiger partial charge in [-0.3, -0.25) is 9.48 Å². The number of anilines is 1. The lowest BCUT2D eigenvalue weighted by molar-refractivity contribution is 0.101. The van der Waals surface area contributed by atoms with E-state index in [-0.39, 0.29) is 11.7 Å². The van der Waals surface area contributed by atoms with Crippen LogP contribution < -0.4 is 5.32 Å². The average molecular weight is 442 g/mol. The Morgan fingerprint density at radius 1 is 1.00 bits per heavy atom. The van der Waals surface area contributed by atoms with E-state index in [1.165, 1.54) is 12.1 Å². The molecule has 0 aliphatic carbocycles. The van der Waals surface area contributed by atoms with Crippen LogP contribution in [-0.4, -0.2) is 20.3 Å². The summed E-state index contributed by atoms with van der Waals surface area (Å²) in [6, 6.07) is 19.9. The van der Waals surface area contributed by atoms with E-state index in [9.17, 15) is 9.18 Å². The van der Waals surface area contributed by atoms with Crippen molar-refractivity contribution in [2.24, 2.45) is 0 Å². The van der Waals surface area contributed by atoms with E-state index in [0.29, 0.717) is 30.1 Å². The molecule has 0 saturated heterocycles. The summed E-state index contributed by atoms with van der Waals surface area (Å²) in [4.78, 5) is 13.3. The summed E-state index contributed by atoms with van der Waals surface area (Å²) in [5.41, 5.74) is 5.99. The molecule has 0 unspecified atom stereocenters. The fourth-order valence-electron chi connectivity index (χ4n) is 4.12. The maximum Gasteiger partial charge on any atom is 0.272 e. The Kier molecular flexibility index (Phi) is 5.30. The van der Waals surface area contributed by atoms with Gasteiger partial charge in [0.25, 0.3) is 5.91 Å². The van der Waals surface area contributed by atoms with E-state index >= 15 is 0 Å². The zero-order chi connectivity index (χ0) is 22.9. The molecule has 0 fully saturated rings. The van der Waals surface area contributed by atoms with Gasteiger partial charge in [0.15, 0.2) is 5.58 Å². The highest BCUT2D eigenvalue weighted by atomic mass is 19.1. The molecule has 0 saturated carbocycles. The number of benzene rings is 2. The van der Waals surface area contributed by atoms with Gasteiger partial charge in [0.05, 0.1) is 35.4 Å². The number of furan rings is 1. The molecular weight excluding hydrogens is 419 g/mol. The van der Waals surface area contributed by atoms with Crippen LogP contribution in [0.2, 0.25) is 0 Å². The predicted molar refractivity (Wildman–Crippen MR) is 125 cm³/mol. The van der Waals surface area contributed by atoms with Crippen molar-refractivity contribution >= 4 is 22.7 Å². The summed E-state index contributed by atoms with van der Waals surface area (Å²) in [6.07, 6.45) is 1.58. The minimum atomic E-state index is -0.314. The molecule has 1 amide bonds. The van der Waals surface area contributed by atoms with Gasteiger partial charge >= 0.3 is 0 Å². The van der Waals surface area contributed by atoms with Gasteiger partial charge in [-0.25, -0.2) is 4.39 Å². The average Bonchev–Trinajstić information content (AvgIpc) is 3.46. The number of nitrogens with one attached hydrogen (secondary N) is 1. The Hall–Kier alpha value is -4.13. The van der Waals surface area contributed by atoms with Gasteiger partial charge in [0.2, 0.25) is 0 Å². The number of aryl methyl sites for hydroxylation is 1. The fourth-order valence-corrected chi connectivity index (χ4v) is 4.12. The molecular formula is C26H23FN4O2. The molecule has 0 aliphatic heterocycles. The topological polar surface area (TPSA) is 65.0 Å². The van der Waals surface area contributed by atoms with Crippen LogP contribution in [0.4, 0.5) is 10.1 Å². The second-order valence-electron chi connectivity index (χ2n) is 8.06. The molecule has 1 N–H and O–H groups in total. The monoisotopic (exact) mass is 442 g/mol. The Balaban J connectivity index is 1.45. The van der Waals surface area contributed by atoms with Crippen LogP contribution >= 0.6 is 0 Å². The van der Waals surface area contributed by atoms with Crippen molar-refractivity contribution in [3.05, 3.63) is 107 Å². The number of halogens is 1. The van der Waals surface area contributed by atoms with Gasteiger partial charge in [0, 0.05) is 18.7 Å². The third-order valence-electron chi connectivity index (χ3n) is 5.78. The van der Waals surface area contributed by atoms with E-state index in [1.807, 2.05) is 59.5 Å². The van der Waals surface area contributed by atoms with Crippen molar-refractivity contribution in [1.29, 1.82) is 0 Å². The minimum absolute atomic E-state index is 0.275. The predicted octanol–water partition coefficient (Wildman–Crippen LogP) is 5.54. The van der Waals surface area contributed by atoms with Crippen molar-refractivity contribution in [2.75, 3.05) is 5.32 Å². The zero-order valence-corrected chi connectivity index (χ0v) is 18.4. The van der Waals surface area contributed by atoms with Crippen LogP contribution in [0.15, 0.2) is 77.4 Å². The van der Waals surface area contributed by atoms with Gasteiger partial charge in [-0.15, -0.1) is 0 Å². The number of carbonyl (C=O) groups is 1. The molecule has 166 valence electrons. The Morgan fingerprint density at radius 2 is 1.79 bits per heavy atom. The largest absolute Gasteiger partial charge is 0.463 e. The van der Waals surface area contributed by atoms with Crippen molar-refractivity contribution in [2.45, 2.75) is 26.9 Å². The lowest BCUT2D eigenvalue weighted by Crippen LogP contribution is -2.18. The maximum absolute atomic E-state index is 13.7. The molecule has 7 heteroatoms. The van der Waals surface area contributed by atoms with Crippen molar-refractivity contribution < 1.29 is 13.6 Å². The highest BCUT2D eigenvalue weighted by Gasteiger charge is 2.21. The Labute approximate surface area is 190 Å². The van der Waals surface area contributed by atoms with Crippen LogP contribution in [0.3, 0.4) is 0 Å². The molecule has 0 spiro atoms. The molecule has 0 radical (unpaired) electrons. The van der Waals surface area contributed by atoms with Crippen LogP contribution in [0.25, 0.3) is 11.1 Å². The van der Waals surface area contributed by atoms with Crippen LogP contribution in [0, 0.1) is 19.7 Å². The van der Waals surface area contributed by atoms with Gasteiger partial charge in [-0.1, -0.05) is 42.5 Å². The number of amides is 1. The van der Waals surface area contributed by atoms with Gasteiger partial charge < -0.3 is 14.3 Å². The molecule has 3 heterocycles. The number of aromatic nitrogens is 3. The third kappa shape index (κ3) is 4.05. The lowest BCUT2D eigenvalue weighted by atomic mass is 10.2. The van der Waals surface area contributed by atoms with Crippen LogP contribution in [0.1, 0.15) is 33.0 Å². The van der Waals surface area contributed by atoms with E-state index < -0.39 is 0 Å². The van der Waals surface area contributed by atoms with E-state index in [1.54, 1.807) is 24.5 Å². The first-order chi connectivity index (χ1) is 16.0. The van der Waals surface area contributed by atoms with Gasteiger partial charge in [-0.05, 0) is 37.1 Å². The number of hydrogen-bond donors (Lipinski definition) is 1. The molecule has 3 aromatic heterocycles. The molecule has 5 aromatic rings. The van der Waals surface area contributed by atoms with Gasteiger partial charge in [0.1, 0.15) is 11.5 Å². The molecule has 6 nitrogen and oxygen atoms in total. The lowest BCUT2D eigenvalue weighted by Gasteiger charge is -2.11. The highest BCUT2D eigenvalue weighted by Crippen LogP contribution is 2.26. The van der Waals surface area contributed by atoms with Crippen LogP contribution in [-0.2, 0) is 13.1 Å². The second-order valence-corrected chi connectivity index (χ2v) is 8.06. The van der Waals surface area contributed by atoms with Crippen molar-refractivity contribution in [3.8, 4) is 0 Å². The molecule has 0 bridgehead atoms. The van der Waals surface area contributed by atoms with Crippen molar-refractivity contribution in [3.63, 3.8) is 0 Å². The third-order valence-corrected chi connectivity index (χ3v) is 5.78. The summed E-state index contributed by atoms with van der Waals surface area (Å²) in [6.45, 7) is 4.78. The number of hydrogen-bond acceptors (Lipinski definition) is 3. The first-order valence-electron chi connectivity index (χ1n) is 10.7. The standard InChI is InChI=1S/C26H23FN4O2/c1-17-25(18(2)31(29-17)16-19-7-4-3-5-8-19)28-26(32)23-14-24-22(11-12-33-24)30(23)15-20-9-6-10-21(27)13-20/h3-14H,15-16H2,1-2H3,(H,28,32). The first-order valence-corrected chi connectivity index (χ1v) is 10.7. The van der Waals surface area contributed by atoms with E-state index in [2.05, 4.69) is 10.4 Å². The molecule has 33 heavy (non-hydrogen) atoms. The van der Waals surface area contributed by atoms with E-state index in [4.69, 9.17) is 4.42 Å². The minimum Gasteiger partial charge on any atom is -0.463 e. The normalized spacial score (nSPS) is 11.2. The Bertz CT molecular complexity index is 1450. The maximum atomic E-state index is 13.7. The molecule has 0 aliphatic rings. The van der Waals surface area contributed by atoms with E-state index in [0.717, 1.165) is 28.0 Å². The van der Waals surface area contributed by atoms with Crippen LogP contribution in [0.5, 0.6) is 0 Å². The number of fused-ring (bicyclic) bond motifs is 1. The first kappa shape index (κ1) is 20.8. The highest BCUT2D eigenvalue weighted by molar-refractivity contribution is 6.06. The summed E-state index contributed by atoms with van der Waals surface area (Å²) in [5.74, 6) is -0.588. The number of rotatable bonds is 6. The quantitative estimate of drug-likeness (QED) is 0.376. The second kappa shape index (κ2) is 8.43. The van der Waals surface area contributed by atoms with Gasteiger partial charge in [-0.2, -0.15) is 5.10 Å². The fraction of sp³-hybridized carbons (Fsp3) is 0.154. The summed E-state index contributed by atoms with van der Waals surface area (Å²) in [5, 5.41) is 7.65. The summed E-state index contributed by atoms with van der Waals surface area (Å²) >= 11 is 0. The Morgan fingerprint density at radius 3 is 2.58 bits per heavy atom. The zero-order valence-electron chi connectivity index (χ0n) is 18.4. The summed E-state index contributed by atoms with van der Waals surface area (Å²) < 4.78 is 23.0.